The summed E-state index contributed by atoms with van der Waals surface area (Å²) >= 11 is 6.03. The molecule has 0 radical (unpaired) electrons. The van der Waals surface area contributed by atoms with E-state index in [-0.39, 0.29) is 0 Å². The molecule has 0 aliphatic carbocycles. The maximum atomic E-state index is 6.03. The molecule has 0 aromatic heterocycles. The van der Waals surface area contributed by atoms with Crippen LogP contribution >= 0.6 is 11.6 Å². The lowest BCUT2D eigenvalue weighted by Crippen LogP contribution is -2.04. The average molecular weight is 290 g/mol. The zero-order valence-corrected chi connectivity index (χ0v) is 12.7. The zero-order valence-electron chi connectivity index (χ0n) is 11.9. The summed E-state index contributed by atoms with van der Waals surface area (Å²) in [7, 11) is 0. The summed E-state index contributed by atoms with van der Waals surface area (Å²) in [6.07, 6.45) is 0.750. The maximum Gasteiger partial charge on any atom is 0.130 e. The minimum absolute atomic E-state index is 0.479. The molecule has 0 amide bonds. The number of hydrogen-bond donors (Lipinski definition) is 1. The Morgan fingerprint density at radius 2 is 1.95 bits per heavy atom. The van der Waals surface area contributed by atoms with Crippen LogP contribution < -0.4 is 10.5 Å². The van der Waals surface area contributed by atoms with Gasteiger partial charge in [-0.1, -0.05) is 37.6 Å². The monoisotopic (exact) mass is 289 g/mol. The van der Waals surface area contributed by atoms with Crippen molar-refractivity contribution in [3.05, 3.63) is 58.6 Å². The molecule has 2 nitrogen and oxygen atoms in total. The zero-order chi connectivity index (χ0) is 14.5. The molecule has 0 spiro atoms. The first-order chi connectivity index (χ1) is 9.60. The van der Waals surface area contributed by atoms with Crippen LogP contribution in [-0.2, 0) is 6.42 Å². The second-order valence-electron chi connectivity index (χ2n) is 5.12. The van der Waals surface area contributed by atoms with Gasteiger partial charge in [0.15, 0.2) is 0 Å². The van der Waals surface area contributed by atoms with E-state index in [0.29, 0.717) is 17.5 Å². The van der Waals surface area contributed by atoms with Crippen LogP contribution in [0, 0.1) is 0 Å². The molecule has 20 heavy (non-hydrogen) atoms. The van der Waals surface area contributed by atoms with Crippen LogP contribution in [-0.4, -0.2) is 6.54 Å². The molecule has 2 aromatic rings. The summed E-state index contributed by atoms with van der Waals surface area (Å²) in [6, 6.07) is 13.8. The maximum absolute atomic E-state index is 6.03. The average Bonchev–Trinajstić information content (AvgIpc) is 2.42. The molecule has 0 saturated carbocycles. The molecule has 0 saturated heterocycles. The van der Waals surface area contributed by atoms with E-state index in [0.717, 1.165) is 23.5 Å². The van der Waals surface area contributed by atoms with E-state index < -0.39 is 0 Å². The molecular weight excluding hydrogens is 270 g/mol. The van der Waals surface area contributed by atoms with Gasteiger partial charge in [0, 0.05) is 5.02 Å². The van der Waals surface area contributed by atoms with E-state index >= 15 is 0 Å². The SMILES string of the molecule is CC(C)c1cccc(Oc2ccc(Cl)cc2CCN)c1. The number of halogens is 1. The van der Waals surface area contributed by atoms with Gasteiger partial charge >= 0.3 is 0 Å². The highest BCUT2D eigenvalue weighted by atomic mass is 35.5. The molecular formula is C17H20ClNO. The van der Waals surface area contributed by atoms with Gasteiger partial charge in [-0.25, -0.2) is 0 Å². The third-order valence-corrected chi connectivity index (χ3v) is 3.42. The van der Waals surface area contributed by atoms with Crippen LogP contribution in [0.5, 0.6) is 11.5 Å². The van der Waals surface area contributed by atoms with Crippen LogP contribution in [0.4, 0.5) is 0 Å². The number of ether oxygens (including phenoxy) is 1. The van der Waals surface area contributed by atoms with Gasteiger partial charge in [0.05, 0.1) is 0 Å². The first-order valence-electron chi connectivity index (χ1n) is 6.86. The highest BCUT2D eigenvalue weighted by molar-refractivity contribution is 6.30. The standard InChI is InChI=1S/C17H20ClNO/c1-12(2)13-4-3-5-16(11-13)20-17-7-6-15(18)10-14(17)8-9-19/h3-7,10-12H,8-9,19H2,1-2H3. The predicted octanol–water partition coefficient (Wildman–Crippen LogP) is 4.76. The van der Waals surface area contributed by atoms with Gasteiger partial charge < -0.3 is 10.5 Å². The molecule has 2 aromatic carbocycles. The summed E-state index contributed by atoms with van der Waals surface area (Å²) in [5.74, 6) is 2.14. The normalized spacial score (nSPS) is 10.8. The van der Waals surface area contributed by atoms with E-state index in [1.165, 1.54) is 5.56 Å². The van der Waals surface area contributed by atoms with Crippen molar-refractivity contribution in [2.24, 2.45) is 5.73 Å². The van der Waals surface area contributed by atoms with Gasteiger partial charge in [-0.05, 0) is 60.3 Å². The third-order valence-electron chi connectivity index (χ3n) is 3.19. The van der Waals surface area contributed by atoms with E-state index in [4.69, 9.17) is 22.1 Å². The molecule has 0 aliphatic rings. The Labute approximate surface area is 125 Å². The van der Waals surface area contributed by atoms with Crippen molar-refractivity contribution in [2.75, 3.05) is 6.54 Å². The molecule has 0 fully saturated rings. The summed E-state index contributed by atoms with van der Waals surface area (Å²) in [5.41, 5.74) is 7.94. The molecule has 0 aliphatic heterocycles. The van der Waals surface area contributed by atoms with Crippen LogP contribution in [0.15, 0.2) is 42.5 Å². The first-order valence-corrected chi connectivity index (χ1v) is 7.24. The Kier molecular flexibility index (Phi) is 5.05. The second kappa shape index (κ2) is 6.78. The number of rotatable bonds is 5. The van der Waals surface area contributed by atoms with Gasteiger partial charge in [-0.15, -0.1) is 0 Å². The number of benzene rings is 2. The van der Waals surface area contributed by atoms with Crippen LogP contribution in [0.2, 0.25) is 5.02 Å². The topological polar surface area (TPSA) is 35.2 Å². The molecule has 0 atom stereocenters. The Hall–Kier alpha value is -1.51. The van der Waals surface area contributed by atoms with Crippen molar-refractivity contribution >= 4 is 11.6 Å². The van der Waals surface area contributed by atoms with E-state index in [9.17, 15) is 0 Å². The minimum Gasteiger partial charge on any atom is -0.457 e. The molecule has 2 rings (SSSR count). The molecule has 0 unspecified atom stereocenters. The first kappa shape index (κ1) is 14.9. The summed E-state index contributed by atoms with van der Waals surface area (Å²) in [4.78, 5) is 0. The van der Waals surface area contributed by atoms with Crippen LogP contribution in [0.25, 0.3) is 0 Å². The fourth-order valence-corrected chi connectivity index (χ4v) is 2.26. The molecule has 0 heterocycles. The lowest BCUT2D eigenvalue weighted by atomic mass is 10.0. The van der Waals surface area contributed by atoms with Gasteiger partial charge in [0.2, 0.25) is 0 Å². The van der Waals surface area contributed by atoms with Crippen LogP contribution in [0.3, 0.4) is 0 Å². The van der Waals surface area contributed by atoms with Gasteiger partial charge in [0.25, 0.3) is 0 Å². The Morgan fingerprint density at radius 1 is 1.15 bits per heavy atom. The molecule has 0 bridgehead atoms. The number of hydrogen-bond acceptors (Lipinski definition) is 2. The minimum atomic E-state index is 0.479. The van der Waals surface area contributed by atoms with E-state index in [1.807, 2.05) is 30.3 Å². The van der Waals surface area contributed by atoms with Gasteiger partial charge in [-0.2, -0.15) is 0 Å². The van der Waals surface area contributed by atoms with Crippen molar-refractivity contribution in [1.82, 2.24) is 0 Å². The fraction of sp³-hybridized carbons (Fsp3) is 0.294. The lowest BCUT2D eigenvalue weighted by Gasteiger charge is -2.13. The second-order valence-corrected chi connectivity index (χ2v) is 5.56. The Balaban J connectivity index is 2.27. The summed E-state index contributed by atoms with van der Waals surface area (Å²) < 4.78 is 5.99. The highest BCUT2D eigenvalue weighted by Crippen LogP contribution is 2.29. The smallest absolute Gasteiger partial charge is 0.130 e. The number of nitrogens with two attached hydrogens (primary N) is 1. The fourth-order valence-electron chi connectivity index (χ4n) is 2.06. The summed E-state index contributed by atoms with van der Waals surface area (Å²) in [5, 5.41) is 0.705. The molecule has 106 valence electrons. The van der Waals surface area contributed by atoms with E-state index in [2.05, 4.69) is 26.0 Å². The van der Waals surface area contributed by atoms with Crippen molar-refractivity contribution < 1.29 is 4.74 Å². The highest BCUT2D eigenvalue weighted by Gasteiger charge is 2.07. The van der Waals surface area contributed by atoms with Crippen molar-refractivity contribution in [2.45, 2.75) is 26.2 Å². The largest absolute Gasteiger partial charge is 0.457 e. The van der Waals surface area contributed by atoms with Crippen molar-refractivity contribution in [3.8, 4) is 11.5 Å². The van der Waals surface area contributed by atoms with Gasteiger partial charge in [-0.3, -0.25) is 0 Å². The van der Waals surface area contributed by atoms with Crippen molar-refractivity contribution in [3.63, 3.8) is 0 Å². The Bertz CT molecular complexity index is 581. The molecule has 3 heteroatoms. The predicted molar refractivity (Wildman–Crippen MR) is 84.8 cm³/mol. The lowest BCUT2D eigenvalue weighted by molar-refractivity contribution is 0.475. The van der Waals surface area contributed by atoms with Gasteiger partial charge in [0.1, 0.15) is 11.5 Å². The van der Waals surface area contributed by atoms with Crippen molar-refractivity contribution in [1.29, 1.82) is 0 Å². The van der Waals surface area contributed by atoms with E-state index in [1.54, 1.807) is 0 Å². The Morgan fingerprint density at radius 3 is 2.65 bits per heavy atom. The molecule has 2 N–H and O–H groups in total. The quantitative estimate of drug-likeness (QED) is 0.861. The summed E-state index contributed by atoms with van der Waals surface area (Å²) in [6.45, 7) is 4.91. The third kappa shape index (κ3) is 3.75. The van der Waals surface area contributed by atoms with Crippen LogP contribution in [0.1, 0.15) is 30.9 Å².